The first kappa shape index (κ1) is 12.2. The predicted octanol–water partition coefficient (Wildman–Crippen LogP) is 3.26. The van der Waals surface area contributed by atoms with E-state index >= 15 is 0 Å². The van der Waals surface area contributed by atoms with E-state index in [-0.39, 0.29) is 18.5 Å². The standard InChI is InChI=1S/C12H15ClO2/c1-8(2)15-7-12(14)10-5-4-9(3)6-11(10)13/h4-6,8H,7H2,1-3H3. The van der Waals surface area contributed by atoms with Crippen LogP contribution in [0.2, 0.25) is 5.02 Å². The van der Waals surface area contributed by atoms with Gasteiger partial charge in [0, 0.05) is 5.56 Å². The number of carbonyl (C=O) groups is 1. The van der Waals surface area contributed by atoms with Gasteiger partial charge in [-0.05, 0) is 38.5 Å². The van der Waals surface area contributed by atoms with Crippen molar-refractivity contribution in [2.45, 2.75) is 26.9 Å². The van der Waals surface area contributed by atoms with Gasteiger partial charge in [-0.15, -0.1) is 0 Å². The normalized spacial score (nSPS) is 10.7. The Morgan fingerprint density at radius 3 is 2.67 bits per heavy atom. The highest BCUT2D eigenvalue weighted by molar-refractivity contribution is 6.34. The number of carbonyl (C=O) groups excluding carboxylic acids is 1. The van der Waals surface area contributed by atoms with Crippen LogP contribution in [0, 0.1) is 6.92 Å². The SMILES string of the molecule is Cc1ccc(C(=O)COC(C)C)c(Cl)c1. The molecule has 0 aliphatic carbocycles. The maximum Gasteiger partial charge on any atom is 0.189 e. The summed E-state index contributed by atoms with van der Waals surface area (Å²) in [7, 11) is 0. The zero-order chi connectivity index (χ0) is 11.4. The van der Waals surface area contributed by atoms with Crippen LogP contribution in [-0.2, 0) is 4.74 Å². The lowest BCUT2D eigenvalue weighted by Crippen LogP contribution is -2.13. The van der Waals surface area contributed by atoms with Crippen LogP contribution in [0.1, 0.15) is 29.8 Å². The predicted molar refractivity (Wildman–Crippen MR) is 61.6 cm³/mol. The molecule has 1 aromatic rings. The zero-order valence-electron chi connectivity index (χ0n) is 9.21. The number of benzene rings is 1. The number of ketones is 1. The average molecular weight is 227 g/mol. The summed E-state index contributed by atoms with van der Waals surface area (Å²) >= 11 is 5.96. The molecule has 0 unspecified atom stereocenters. The van der Waals surface area contributed by atoms with Crippen LogP contribution < -0.4 is 0 Å². The first-order valence-electron chi connectivity index (χ1n) is 4.91. The van der Waals surface area contributed by atoms with Gasteiger partial charge in [0.1, 0.15) is 6.61 Å². The van der Waals surface area contributed by atoms with Gasteiger partial charge in [0.15, 0.2) is 5.78 Å². The largest absolute Gasteiger partial charge is 0.371 e. The molecule has 82 valence electrons. The van der Waals surface area contributed by atoms with E-state index < -0.39 is 0 Å². The number of ether oxygens (including phenoxy) is 1. The molecule has 1 rings (SSSR count). The minimum absolute atomic E-state index is 0.0539. The van der Waals surface area contributed by atoms with Crippen molar-refractivity contribution in [3.8, 4) is 0 Å². The van der Waals surface area contributed by atoms with Gasteiger partial charge < -0.3 is 4.74 Å². The van der Waals surface area contributed by atoms with Gasteiger partial charge in [-0.1, -0.05) is 17.7 Å². The third-order valence-corrected chi connectivity index (χ3v) is 2.29. The molecule has 0 heterocycles. The molecule has 0 radical (unpaired) electrons. The van der Waals surface area contributed by atoms with Crippen molar-refractivity contribution in [3.63, 3.8) is 0 Å². The number of rotatable bonds is 4. The van der Waals surface area contributed by atoms with E-state index in [1.807, 2.05) is 26.8 Å². The Hall–Kier alpha value is -0.860. The first-order chi connectivity index (χ1) is 7.00. The van der Waals surface area contributed by atoms with E-state index in [9.17, 15) is 4.79 Å². The molecule has 15 heavy (non-hydrogen) atoms. The van der Waals surface area contributed by atoms with Crippen molar-refractivity contribution in [3.05, 3.63) is 34.3 Å². The Balaban J connectivity index is 2.74. The van der Waals surface area contributed by atoms with Gasteiger partial charge in [-0.2, -0.15) is 0 Å². The monoisotopic (exact) mass is 226 g/mol. The Morgan fingerprint density at radius 1 is 1.47 bits per heavy atom. The van der Waals surface area contributed by atoms with Gasteiger partial charge in [0.2, 0.25) is 0 Å². The second-order valence-electron chi connectivity index (χ2n) is 3.77. The van der Waals surface area contributed by atoms with Crippen LogP contribution in [0.25, 0.3) is 0 Å². The molecular formula is C12H15ClO2. The summed E-state index contributed by atoms with van der Waals surface area (Å²) in [6, 6.07) is 5.39. The maximum atomic E-state index is 11.7. The summed E-state index contributed by atoms with van der Waals surface area (Å²) in [4.78, 5) is 11.7. The summed E-state index contributed by atoms with van der Waals surface area (Å²) in [6.07, 6.45) is 0.0539. The Labute approximate surface area is 95.2 Å². The van der Waals surface area contributed by atoms with Crippen molar-refractivity contribution in [1.82, 2.24) is 0 Å². The molecule has 0 atom stereocenters. The van der Waals surface area contributed by atoms with E-state index in [1.54, 1.807) is 12.1 Å². The number of aryl methyl sites for hydroxylation is 1. The summed E-state index contributed by atoms with van der Waals surface area (Å²) < 4.78 is 5.24. The van der Waals surface area contributed by atoms with Crippen molar-refractivity contribution in [2.75, 3.05) is 6.61 Å². The van der Waals surface area contributed by atoms with Crippen molar-refractivity contribution >= 4 is 17.4 Å². The van der Waals surface area contributed by atoms with Gasteiger partial charge in [0.05, 0.1) is 11.1 Å². The smallest absolute Gasteiger partial charge is 0.189 e. The Bertz CT molecular complexity index is 359. The van der Waals surface area contributed by atoms with Gasteiger partial charge >= 0.3 is 0 Å². The quantitative estimate of drug-likeness (QED) is 0.737. The molecule has 0 saturated carbocycles. The fourth-order valence-corrected chi connectivity index (χ4v) is 1.51. The molecule has 0 N–H and O–H groups in total. The minimum atomic E-state index is -0.0753. The topological polar surface area (TPSA) is 26.3 Å². The van der Waals surface area contributed by atoms with Crippen LogP contribution >= 0.6 is 11.6 Å². The Kier molecular flexibility index (Phi) is 4.30. The van der Waals surface area contributed by atoms with Crippen molar-refractivity contribution < 1.29 is 9.53 Å². The molecule has 0 aliphatic heterocycles. The molecular weight excluding hydrogens is 212 g/mol. The molecule has 0 saturated heterocycles. The minimum Gasteiger partial charge on any atom is -0.371 e. The van der Waals surface area contributed by atoms with E-state index in [0.29, 0.717) is 10.6 Å². The molecule has 0 spiro atoms. The lowest BCUT2D eigenvalue weighted by atomic mass is 10.1. The van der Waals surface area contributed by atoms with Crippen LogP contribution in [0.4, 0.5) is 0 Å². The fraction of sp³-hybridized carbons (Fsp3) is 0.417. The molecule has 0 fully saturated rings. The number of Topliss-reactive ketones (excluding diaryl/α,β-unsaturated/α-hetero) is 1. The summed E-state index contributed by atoms with van der Waals surface area (Å²) in [5.41, 5.74) is 1.57. The summed E-state index contributed by atoms with van der Waals surface area (Å²) in [5.74, 6) is -0.0753. The highest BCUT2D eigenvalue weighted by atomic mass is 35.5. The number of hydrogen-bond donors (Lipinski definition) is 0. The lowest BCUT2D eigenvalue weighted by Gasteiger charge is -2.08. The molecule has 0 bridgehead atoms. The van der Waals surface area contributed by atoms with Crippen molar-refractivity contribution in [1.29, 1.82) is 0 Å². The summed E-state index contributed by atoms with van der Waals surface area (Å²) in [6.45, 7) is 5.80. The van der Waals surface area contributed by atoms with Crippen molar-refractivity contribution in [2.24, 2.45) is 0 Å². The van der Waals surface area contributed by atoms with Crippen LogP contribution in [-0.4, -0.2) is 18.5 Å². The molecule has 3 heteroatoms. The molecule has 0 aliphatic rings. The van der Waals surface area contributed by atoms with Gasteiger partial charge in [-0.25, -0.2) is 0 Å². The van der Waals surface area contributed by atoms with Crippen LogP contribution in [0.5, 0.6) is 0 Å². The zero-order valence-corrected chi connectivity index (χ0v) is 9.97. The molecule has 1 aromatic carbocycles. The average Bonchev–Trinajstić information content (AvgIpc) is 2.14. The second kappa shape index (κ2) is 5.29. The maximum absolute atomic E-state index is 11.7. The Morgan fingerprint density at radius 2 is 2.13 bits per heavy atom. The van der Waals surface area contributed by atoms with E-state index in [4.69, 9.17) is 16.3 Å². The van der Waals surface area contributed by atoms with Gasteiger partial charge in [-0.3, -0.25) is 4.79 Å². The summed E-state index contributed by atoms with van der Waals surface area (Å²) in [5, 5.41) is 0.493. The molecule has 2 nitrogen and oxygen atoms in total. The second-order valence-corrected chi connectivity index (χ2v) is 4.17. The third-order valence-electron chi connectivity index (χ3n) is 1.97. The molecule has 0 aromatic heterocycles. The van der Waals surface area contributed by atoms with E-state index in [2.05, 4.69) is 0 Å². The van der Waals surface area contributed by atoms with E-state index in [1.165, 1.54) is 0 Å². The van der Waals surface area contributed by atoms with Crippen LogP contribution in [0.15, 0.2) is 18.2 Å². The van der Waals surface area contributed by atoms with Gasteiger partial charge in [0.25, 0.3) is 0 Å². The van der Waals surface area contributed by atoms with E-state index in [0.717, 1.165) is 5.56 Å². The lowest BCUT2D eigenvalue weighted by molar-refractivity contribution is 0.0585. The highest BCUT2D eigenvalue weighted by Crippen LogP contribution is 2.18. The third kappa shape index (κ3) is 3.65. The highest BCUT2D eigenvalue weighted by Gasteiger charge is 2.10. The van der Waals surface area contributed by atoms with Crippen LogP contribution in [0.3, 0.4) is 0 Å². The number of hydrogen-bond acceptors (Lipinski definition) is 2. The molecule has 0 amide bonds. The first-order valence-corrected chi connectivity index (χ1v) is 5.29. The fourth-order valence-electron chi connectivity index (χ4n) is 1.17. The number of halogens is 1.